The van der Waals surface area contributed by atoms with Gasteiger partial charge in [0.1, 0.15) is 5.82 Å². The predicted molar refractivity (Wildman–Crippen MR) is 86.6 cm³/mol. The van der Waals surface area contributed by atoms with Gasteiger partial charge >= 0.3 is 0 Å². The van der Waals surface area contributed by atoms with Crippen LogP contribution < -0.4 is 5.32 Å². The first-order valence-electron chi connectivity index (χ1n) is 7.35. The van der Waals surface area contributed by atoms with Crippen molar-refractivity contribution in [1.82, 2.24) is 9.88 Å². The maximum absolute atomic E-state index is 12.8. The summed E-state index contributed by atoms with van der Waals surface area (Å²) in [5.41, 5.74) is 0.610. The average molecular weight is 356 g/mol. The summed E-state index contributed by atoms with van der Waals surface area (Å²) in [4.78, 5) is 19.0. The van der Waals surface area contributed by atoms with Crippen molar-refractivity contribution in [1.29, 1.82) is 0 Å². The fraction of sp³-hybridized carbons (Fsp3) is 0.600. The number of carbonyl (C=O) groups is 1. The molecule has 1 aromatic heterocycles. The van der Waals surface area contributed by atoms with Crippen molar-refractivity contribution < 1.29 is 9.53 Å². The Morgan fingerprint density at radius 2 is 2.14 bits per heavy atom. The number of nitrogens with zero attached hydrogens (tertiary/aromatic N) is 2. The molecule has 0 aliphatic carbocycles. The monoisotopic (exact) mass is 355 g/mol. The number of amides is 1. The van der Waals surface area contributed by atoms with E-state index in [1.54, 1.807) is 6.20 Å². The normalized spacial score (nSPS) is 22.2. The lowest BCUT2D eigenvalue weighted by Gasteiger charge is -2.35. The first kappa shape index (κ1) is 16.2. The molecule has 0 bridgehead atoms. The molecule has 5 nitrogen and oxygen atoms in total. The molecule has 2 atom stereocenters. The minimum absolute atomic E-state index is 0.00408. The van der Waals surface area contributed by atoms with E-state index in [4.69, 9.17) is 4.74 Å². The van der Waals surface area contributed by atoms with Crippen LogP contribution in [0.2, 0.25) is 0 Å². The number of ether oxygens (including phenoxy) is 1. The Morgan fingerprint density at radius 1 is 1.48 bits per heavy atom. The lowest BCUT2D eigenvalue weighted by Crippen LogP contribution is -2.48. The predicted octanol–water partition coefficient (Wildman–Crippen LogP) is 2.92. The van der Waals surface area contributed by atoms with Gasteiger partial charge in [0.2, 0.25) is 0 Å². The molecule has 0 spiro atoms. The zero-order valence-corrected chi connectivity index (χ0v) is 14.3. The number of hydrogen-bond donors (Lipinski definition) is 1. The SMILES string of the molecule is CCCNc1ncc(Br)cc1C(=O)N1CC(C)OC(C)C1. The second kappa shape index (κ2) is 7.22. The molecular weight excluding hydrogens is 334 g/mol. The molecule has 1 N–H and O–H groups in total. The van der Waals surface area contributed by atoms with Crippen molar-refractivity contribution in [2.45, 2.75) is 39.4 Å². The van der Waals surface area contributed by atoms with Gasteiger partial charge in [0, 0.05) is 30.3 Å². The van der Waals surface area contributed by atoms with Crippen LogP contribution in [0.1, 0.15) is 37.6 Å². The van der Waals surface area contributed by atoms with E-state index in [0.717, 1.165) is 17.4 Å². The van der Waals surface area contributed by atoms with Crippen LogP contribution in [0.15, 0.2) is 16.7 Å². The largest absolute Gasteiger partial charge is 0.372 e. The van der Waals surface area contributed by atoms with Crippen LogP contribution in [0.5, 0.6) is 0 Å². The van der Waals surface area contributed by atoms with Gasteiger partial charge in [-0.15, -0.1) is 0 Å². The highest BCUT2D eigenvalue weighted by molar-refractivity contribution is 9.10. The lowest BCUT2D eigenvalue weighted by molar-refractivity contribution is -0.0586. The van der Waals surface area contributed by atoms with Crippen LogP contribution in [0.4, 0.5) is 5.82 Å². The Hall–Kier alpha value is -1.14. The molecule has 2 rings (SSSR count). The number of aromatic nitrogens is 1. The van der Waals surface area contributed by atoms with Gasteiger partial charge in [0.15, 0.2) is 0 Å². The van der Waals surface area contributed by atoms with E-state index in [-0.39, 0.29) is 18.1 Å². The van der Waals surface area contributed by atoms with Gasteiger partial charge in [0.25, 0.3) is 5.91 Å². The summed E-state index contributed by atoms with van der Waals surface area (Å²) in [5.74, 6) is 0.654. The summed E-state index contributed by atoms with van der Waals surface area (Å²) in [5, 5.41) is 3.22. The third-order valence-corrected chi connectivity index (χ3v) is 3.77. The molecule has 1 aromatic rings. The van der Waals surface area contributed by atoms with Gasteiger partial charge in [-0.3, -0.25) is 4.79 Å². The van der Waals surface area contributed by atoms with Crippen LogP contribution >= 0.6 is 15.9 Å². The van der Waals surface area contributed by atoms with E-state index < -0.39 is 0 Å². The maximum atomic E-state index is 12.8. The Labute approximate surface area is 134 Å². The van der Waals surface area contributed by atoms with Gasteiger partial charge in [-0.25, -0.2) is 4.98 Å². The molecule has 6 heteroatoms. The second-order valence-electron chi connectivity index (χ2n) is 5.44. The number of morpholine rings is 1. The first-order valence-corrected chi connectivity index (χ1v) is 8.14. The summed E-state index contributed by atoms with van der Waals surface area (Å²) in [6, 6.07) is 1.83. The Bertz CT molecular complexity index is 500. The molecule has 21 heavy (non-hydrogen) atoms. The molecular formula is C15H22BrN3O2. The van der Waals surface area contributed by atoms with Crippen LogP contribution in [0.3, 0.4) is 0 Å². The molecule has 0 saturated carbocycles. The quantitative estimate of drug-likeness (QED) is 0.901. The molecule has 2 heterocycles. The highest BCUT2D eigenvalue weighted by atomic mass is 79.9. The number of pyridine rings is 1. The number of hydrogen-bond acceptors (Lipinski definition) is 4. The van der Waals surface area contributed by atoms with E-state index in [9.17, 15) is 4.79 Å². The molecule has 1 aliphatic heterocycles. The molecule has 1 saturated heterocycles. The van der Waals surface area contributed by atoms with E-state index in [0.29, 0.717) is 24.5 Å². The summed E-state index contributed by atoms with van der Waals surface area (Å²) >= 11 is 3.39. The zero-order chi connectivity index (χ0) is 15.4. The van der Waals surface area contributed by atoms with Crippen LogP contribution in [-0.2, 0) is 4.74 Å². The van der Waals surface area contributed by atoms with Crippen LogP contribution in [0, 0.1) is 0 Å². The highest BCUT2D eigenvalue weighted by Gasteiger charge is 2.28. The van der Waals surface area contributed by atoms with E-state index in [1.165, 1.54) is 0 Å². The fourth-order valence-corrected chi connectivity index (χ4v) is 2.83. The van der Waals surface area contributed by atoms with Crippen molar-refractivity contribution in [3.8, 4) is 0 Å². The second-order valence-corrected chi connectivity index (χ2v) is 6.36. The summed E-state index contributed by atoms with van der Waals surface area (Å²) in [7, 11) is 0. The number of anilines is 1. The molecule has 0 radical (unpaired) electrons. The van der Waals surface area contributed by atoms with Crippen molar-refractivity contribution in [2.24, 2.45) is 0 Å². The maximum Gasteiger partial charge on any atom is 0.257 e. The fourth-order valence-electron chi connectivity index (χ4n) is 2.50. The highest BCUT2D eigenvalue weighted by Crippen LogP contribution is 2.22. The van der Waals surface area contributed by atoms with Crippen molar-refractivity contribution in [3.63, 3.8) is 0 Å². The van der Waals surface area contributed by atoms with Gasteiger partial charge < -0.3 is 15.0 Å². The Kier molecular flexibility index (Phi) is 5.58. The van der Waals surface area contributed by atoms with Gasteiger partial charge in [-0.1, -0.05) is 6.92 Å². The summed E-state index contributed by atoms with van der Waals surface area (Å²) in [6.45, 7) is 8.09. The Morgan fingerprint density at radius 3 is 2.76 bits per heavy atom. The van der Waals surface area contributed by atoms with Gasteiger partial charge in [0.05, 0.1) is 17.8 Å². The Balaban J connectivity index is 2.22. The summed E-state index contributed by atoms with van der Waals surface area (Å²) < 4.78 is 6.49. The van der Waals surface area contributed by atoms with E-state index in [2.05, 4.69) is 33.2 Å². The molecule has 2 unspecified atom stereocenters. The lowest BCUT2D eigenvalue weighted by atomic mass is 10.1. The molecule has 1 amide bonds. The molecule has 1 aliphatic rings. The molecule has 0 aromatic carbocycles. The van der Waals surface area contributed by atoms with Crippen LogP contribution in [0.25, 0.3) is 0 Å². The zero-order valence-electron chi connectivity index (χ0n) is 12.7. The van der Waals surface area contributed by atoms with Crippen molar-refractivity contribution in [2.75, 3.05) is 25.0 Å². The number of nitrogens with one attached hydrogen (secondary N) is 1. The van der Waals surface area contributed by atoms with Gasteiger partial charge in [-0.05, 0) is 42.3 Å². The minimum atomic E-state index is 0.00408. The molecule has 116 valence electrons. The van der Waals surface area contributed by atoms with Crippen LogP contribution in [-0.4, -0.2) is 47.6 Å². The smallest absolute Gasteiger partial charge is 0.257 e. The number of halogens is 1. The van der Waals surface area contributed by atoms with Crippen molar-refractivity contribution >= 4 is 27.7 Å². The first-order chi connectivity index (χ1) is 10.0. The van der Waals surface area contributed by atoms with E-state index in [1.807, 2.05) is 24.8 Å². The number of carbonyl (C=O) groups excluding carboxylic acids is 1. The number of rotatable bonds is 4. The summed E-state index contributed by atoms with van der Waals surface area (Å²) in [6.07, 6.45) is 2.81. The topological polar surface area (TPSA) is 54.5 Å². The van der Waals surface area contributed by atoms with E-state index >= 15 is 0 Å². The third kappa shape index (κ3) is 4.17. The van der Waals surface area contributed by atoms with Crippen molar-refractivity contribution in [3.05, 3.63) is 22.3 Å². The average Bonchev–Trinajstić information content (AvgIpc) is 2.44. The van der Waals surface area contributed by atoms with Gasteiger partial charge in [-0.2, -0.15) is 0 Å². The third-order valence-electron chi connectivity index (χ3n) is 3.33. The standard InChI is InChI=1S/C15H22BrN3O2/c1-4-5-17-14-13(6-12(16)7-18-14)15(20)19-8-10(2)21-11(3)9-19/h6-7,10-11H,4-5,8-9H2,1-3H3,(H,17,18). The minimum Gasteiger partial charge on any atom is -0.372 e. The molecule has 1 fully saturated rings.